The average Bonchev–Trinajstić information content (AvgIpc) is 2.47. The Morgan fingerprint density at radius 3 is 2.70 bits per heavy atom. The molecule has 0 radical (unpaired) electrons. The first kappa shape index (κ1) is 15.0. The first-order valence-electron chi connectivity index (χ1n) is 6.32. The maximum Gasteiger partial charge on any atom is 0.193 e. The monoisotopic (exact) mass is 311 g/mol. The van der Waals surface area contributed by atoms with Crippen molar-refractivity contribution >= 4 is 23.2 Å². The van der Waals surface area contributed by atoms with Gasteiger partial charge in [-0.1, -0.05) is 53.5 Å². The van der Waals surface area contributed by atoms with Crippen molar-refractivity contribution in [2.45, 2.75) is 13.0 Å². The number of ether oxygens (including phenoxy) is 1. The third kappa shape index (κ3) is 4.96. The normalized spacial score (nSPS) is 10.5. The fourth-order valence-electron chi connectivity index (χ4n) is 1.65. The molecule has 0 saturated heterocycles. The van der Waals surface area contributed by atoms with Gasteiger partial charge in [-0.25, -0.2) is 0 Å². The number of halogens is 2. The van der Waals surface area contributed by atoms with Crippen LogP contribution in [0, 0.1) is 0 Å². The van der Waals surface area contributed by atoms with Gasteiger partial charge in [0.15, 0.2) is 16.1 Å². The van der Waals surface area contributed by atoms with E-state index in [9.17, 15) is 0 Å². The van der Waals surface area contributed by atoms with Crippen LogP contribution in [0.15, 0.2) is 36.4 Å². The fourth-order valence-corrected chi connectivity index (χ4v) is 1.93. The van der Waals surface area contributed by atoms with Crippen LogP contribution in [0.5, 0.6) is 5.75 Å². The van der Waals surface area contributed by atoms with E-state index in [0.29, 0.717) is 12.4 Å². The maximum absolute atomic E-state index is 5.84. The molecule has 20 heavy (non-hydrogen) atoms. The molecule has 0 atom stereocenters. The molecule has 4 nitrogen and oxygen atoms in total. The highest BCUT2D eigenvalue weighted by atomic mass is 35.5. The number of nitrogens with one attached hydrogen (secondary N) is 1. The van der Waals surface area contributed by atoms with Gasteiger partial charge in [-0.2, -0.15) is 0 Å². The molecular formula is C14H15Cl2N3O. The largest absolute Gasteiger partial charge is 0.490 e. The van der Waals surface area contributed by atoms with Crippen LogP contribution >= 0.6 is 23.2 Å². The van der Waals surface area contributed by atoms with Crippen molar-refractivity contribution < 1.29 is 4.74 Å². The minimum absolute atomic E-state index is 0.228. The predicted octanol–water partition coefficient (Wildman–Crippen LogP) is 3.34. The van der Waals surface area contributed by atoms with Crippen molar-refractivity contribution in [1.29, 1.82) is 0 Å². The summed E-state index contributed by atoms with van der Waals surface area (Å²) in [6, 6.07) is 11.8. The first-order chi connectivity index (χ1) is 9.75. The number of nitrogens with zero attached hydrogens (tertiary/aromatic N) is 2. The molecule has 6 heteroatoms. The van der Waals surface area contributed by atoms with E-state index in [4.69, 9.17) is 27.9 Å². The summed E-state index contributed by atoms with van der Waals surface area (Å²) in [7, 11) is 0. The van der Waals surface area contributed by atoms with Gasteiger partial charge >= 0.3 is 0 Å². The molecule has 0 aliphatic carbocycles. The summed E-state index contributed by atoms with van der Waals surface area (Å²) in [6.07, 6.45) is 0.864. The first-order valence-corrected chi connectivity index (χ1v) is 7.07. The molecule has 0 fully saturated rings. The van der Waals surface area contributed by atoms with Crippen LogP contribution in [0.1, 0.15) is 12.0 Å². The van der Waals surface area contributed by atoms with E-state index in [-0.39, 0.29) is 10.3 Å². The summed E-state index contributed by atoms with van der Waals surface area (Å²) < 4.78 is 5.51. The Bertz CT molecular complexity index is 537. The second-order valence-electron chi connectivity index (χ2n) is 4.19. The Hall–Kier alpha value is -1.36. The Labute approximate surface area is 128 Å². The van der Waals surface area contributed by atoms with Crippen molar-refractivity contribution in [3.63, 3.8) is 0 Å². The van der Waals surface area contributed by atoms with Crippen LogP contribution in [0.4, 0.5) is 0 Å². The molecule has 0 bridgehead atoms. The summed E-state index contributed by atoms with van der Waals surface area (Å²) in [5, 5.41) is 11.1. The number of hydrogen-bond acceptors (Lipinski definition) is 4. The Balaban J connectivity index is 1.63. The molecule has 106 valence electrons. The van der Waals surface area contributed by atoms with E-state index in [1.54, 1.807) is 6.07 Å². The highest BCUT2D eigenvalue weighted by molar-refractivity contribution is 6.32. The third-order valence-electron chi connectivity index (χ3n) is 2.61. The van der Waals surface area contributed by atoms with Gasteiger partial charge in [-0.3, -0.25) is 0 Å². The molecule has 0 spiro atoms. The third-order valence-corrected chi connectivity index (χ3v) is 3.06. The molecule has 1 aromatic heterocycles. The SMILES string of the molecule is Clc1cc(OCCCNCc2ccccc2)c(Cl)nn1. The Morgan fingerprint density at radius 1 is 1.10 bits per heavy atom. The molecule has 0 aliphatic heterocycles. The number of aromatic nitrogens is 2. The van der Waals surface area contributed by atoms with Crippen LogP contribution in [0.3, 0.4) is 0 Å². The maximum atomic E-state index is 5.84. The molecule has 1 N–H and O–H groups in total. The van der Waals surface area contributed by atoms with Gasteiger partial charge in [0.25, 0.3) is 0 Å². The standard InChI is InChI=1S/C14H15Cl2N3O/c15-13-9-12(14(16)19-18-13)20-8-4-7-17-10-11-5-2-1-3-6-11/h1-3,5-6,9,17H,4,7-8,10H2. The summed E-state index contributed by atoms with van der Waals surface area (Å²) >= 11 is 11.6. The van der Waals surface area contributed by atoms with Crippen LogP contribution < -0.4 is 10.1 Å². The topological polar surface area (TPSA) is 47.0 Å². The highest BCUT2D eigenvalue weighted by Gasteiger charge is 2.04. The molecule has 1 heterocycles. The van der Waals surface area contributed by atoms with Gasteiger partial charge in [-0.05, 0) is 18.5 Å². The summed E-state index contributed by atoms with van der Waals surface area (Å²) in [6.45, 7) is 2.26. The highest BCUT2D eigenvalue weighted by Crippen LogP contribution is 2.23. The van der Waals surface area contributed by atoms with Gasteiger partial charge in [0, 0.05) is 12.6 Å². The van der Waals surface area contributed by atoms with E-state index < -0.39 is 0 Å². The van der Waals surface area contributed by atoms with Crippen molar-refractivity contribution in [2.75, 3.05) is 13.2 Å². The van der Waals surface area contributed by atoms with Crippen molar-refractivity contribution in [3.8, 4) is 5.75 Å². The Morgan fingerprint density at radius 2 is 1.90 bits per heavy atom. The zero-order chi connectivity index (χ0) is 14.2. The van der Waals surface area contributed by atoms with E-state index in [1.807, 2.05) is 18.2 Å². The average molecular weight is 312 g/mol. The van der Waals surface area contributed by atoms with E-state index in [1.165, 1.54) is 5.56 Å². The lowest BCUT2D eigenvalue weighted by Gasteiger charge is -2.08. The van der Waals surface area contributed by atoms with Crippen LogP contribution in [-0.2, 0) is 6.54 Å². The second-order valence-corrected chi connectivity index (χ2v) is 4.93. The molecule has 0 unspecified atom stereocenters. The zero-order valence-corrected chi connectivity index (χ0v) is 12.4. The smallest absolute Gasteiger partial charge is 0.193 e. The van der Waals surface area contributed by atoms with Gasteiger partial charge < -0.3 is 10.1 Å². The van der Waals surface area contributed by atoms with E-state index >= 15 is 0 Å². The van der Waals surface area contributed by atoms with E-state index in [2.05, 4.69) is 27.6 Å². The van der Waals surface area contributed by atoms with Crippen molar-refractivity contribution in [3.05, 3.63) is 52.3 Å². The zero-order valence-electron chi connectivity index (χ0n) is 10.9. The minimum Gasteiger partial charge on any atom is -0.490 e. The fraction of sp³-hybridized carbons (Fsp3) is 0.286. The molecule has 2 rings (SSSR count). The lowest BCUT2D eigenvalue weighted by atomic mass is 10.2. The molecular weight excluding hydrogens is 297 g/mol. The van der Waals surface area contributed by atoms with Crippen molar-refractivity contribution in [1.82, 2.24) is 15.5 Å². The molecule has 0 amide bonds. The summed E-state index contributed by atoms with van der Waals surface area (Å²) in [5.41, 5.74) is 1.27. The molecule has 0 saturated carbocycles. The number of rotatable bonds is 7. The molecule has 1 aromatic carbocycles. The van der Waals surface area contributed by atoms with Gasteiger partial charge in [-0.15, -0.1) is 10.2 Å². The van der Waals surface area contributed by atoms with Crippen LogP contribution in [-0.4, -0.2) is 23.3 Å². The minimum atomic E-state index is 0.228. The summed E-state index contributed by atoms with van der Waals surface area (Å²) in [5.74, 6) is 0.467. The second kappa shape index (κ2) is 8.04. The lowest BCUT2D eigenvalue weighted by Crippen LogP contribution is -2.17. The number of benzene rings is 1. The lowest BCUT2D eigenvalue weighted by molar-refractivity contribution is 0.306. The number of hydrogen-bond donors (Lipinski definition) is 1. The predicted molar refractivity (Wildman–Crippen MR) is 80.3 cm³/mol. The molecule has 0 aliphatic rings. The Kier molecular flexibility index (Phi) is 6.05. The van der Waals surface area contributed by atoms with Crippen LogP contribution in [0.2, 0.25) is 10.3 Å². The molecule has 2 aromatic rings. The summed E-state index contributed by atoms with van der Waals surface area (Å²) in [4.78, 5) is 0. The van der Waals surface area contributed by atoms with E-state index in [0.717, 1.165) is 19.5 Å². The van der Waals surface area contributed by atoms with Crippen LogP contribution in [0.25, 0.3) is 0 Å². The van der Waals surface area contributed by atoms with Gasteiger partial charge in [0.2, 0.25) is 0 Å². The van der Waals surface area contributed by atoms with Gasteiger partial charge in [0.1, 0.15) is 0 Å². The van der Waals surface area contributed by atoms with Gasteiger partial charge in [0.05, 0.1) is 6.61 Å². The van der Waals surface area contributed by atoms with Crippen molar-refractivity contribution in [2.24, 2.45) is 0 Å². The quantitative estimate of drug-likeness (QED) is 0.797.